The minimum absolute atomic E-state index is 0.641. The number of hydrogen-bond acceptors (Lipinski definition) is 2. The highest BCUT2D eigenvalue weighted by molar-refractivity contribution is 5.85. The van der Waals surface area contributed by atoms with Crippen molar-refractivity contribution in [1.29, 1.82) is 0 Å². The van der Waals surface area contributed by atoms with Gasteiger partial charge in [-0.15, -0.1) is 0 Å². The normalized spacial score (nSPS) is 27.4. The zero-order valence-electron chi connectivity index (χ0n) is 10.9. The zero-order chi connectivity index (χ0) is 12.8. The predicted molar refractivity (Wildman–Crippen MR) is 73.2 cm³/mol. The molecule has 0 aliphatic heterocycles. The lowest BCUT2D eigenvalue weighted by molar-refractivity contribution is -0.0922. The predicted octanol–water partition coefficient (Wildman–Crippen LogP) is 3.49. The molecule has 1 aliphatic rings. The van der Waals surface area contributed by atoms with Gasteiger partial charge in [-0.2, -0.15) is 0 Å². The molecular weight excluding hydrogens is 222 g/mol. The summed E-state index contributed by atoms with van der Waals surface area (Å²) in [6.07, 6.45) is 5.41. The molecule has 0 amide bonds. The first kappa shape index (κ1) is 11.7. The van der Waals surface area contributed by atoms with Crippen molar-refractivity contribution in [3.8, 4) is 0 Å². The van der Waals surface area contributed by atoms with Crippen molar-refractivity contribution in [3.05, 3.63) is 42.2 Å². The van der Waals surface area contributed by atoms with Gasteiger partial charge in [-0.05, 0) is 41.7 Å². The molecule has 1 heterocycles. The fourth-order valence-electron chi connectivity index (χ4n) is 3.02. The summed E-state index contributed by atoms with van der Waals surface area (Å²) in [6.45, 7) is 4.46. The van der Waals surface area contributed by atoms with Gasteiger partial charge >= 0.3 is 0 Å². The van der Waals surface area contributed by atoms with Crippen LogP contribution < -0.4 is 0 Å². The van der Waals surface area contributed by atoms with Crippen LogP contribution in [0.2, 0.25) is 0 Å². The van der Waals surface area contributed by atoms with Crippen LogP contribution in [-0.4, -0.2) is 10.1 Å². The van der Waals surface area contributed by atoms with E-state index in [9.17, 15) is 5.11 Å². The van der Waals surface area contributed by atoms with Crippen LogP contribution in [0.15, 0.2) is 36.7 Å². The number of pyridine rings is 1. The van der Waals surface area contributed by atoms with Gasteiger partial charge in [0, 0.05) is 17.8 Å². The van der Waals surface area contributed by atoms with Crippen LogP contribution in [-0.2, 0) is 5.60 Å². The molecule has 0 atom stereocenters. The SMILES string of the molecule is CC(C)C1CC(O)(c2cccc3ccncc23)C1. The van der Waals surface area contributed by atoms with Crippen LogP contribution in [0.1, 0.15) is 32.3 Å². The van der Waals surface area contributed by atoms with E-state index in [0.717, 1.165) is 29.2 Å². The minimum Gasteiger partial charge on any atom is -0.385 e. The molecule has 94 valence electrons. The zero-order valence-corrected chi connectivity index (χ0v) is 10.9. The Kier molecular flexibility index (Phi) is 2.63. The minimum atomic E-state index is -0.641. The van der Waals surface area contributed by atoms with Gasteiger partial charge in [0.1, 0.15) is 0 Å². The third-order valence-corrected chi connectivity index (χ3v) is 4.33. The van der Waals surface area contributed by atoms with Gasteiger partial charge in [0.05, 0.1) is 5.60 Å². The number of benzene rings is 1. The van der Waals surface area contributed by atoms with Gasteiger partial charge in [0.2, 0.25) is 0 Å². The Morgan fingerprint density at radius 3 is 2.78 bits per heavy atom. The summed E-state index contributed by atoms with van der Waals surface area (Å²) in [5.41, 5.74) is 0.405. The van der Waals surface area contributed by atoms with E-state index < -0.39 is 5.60 Å². The van der Waals surface area contributed by atoms with E-state index in [1.54, 1.807) is 6.20 Å². The van der Waals surface area contributed by atoms with Crippen LogP contribution >= 0.6 is 0 Å². The maximum absolute atomic E-state index is 10.8. The first-order chi connectivity index (χ1) is 8.60. The fourth-order valence-corrected chi connectivity index (χ4v) is 3.02. The average Bonchev–Trinajstić information content (AvgIpc) is 2.34. The number of aliphatic hydroxyl groups is 1. The molecule has 2 heteroatoms. The van der Waals surface area contributed by atoms with Crippen molar-refractivity contribution in [1.82, 2.24) is 4.98 Å². The summed E-state index contributed by atoms with van der Waals surface area (Å²) in [6, 6.07) is 8.14. The monoisotopic (exact) mass is 241 g/mol. The Hall–Kier alpha value is -1.41. The molecule has 0 unspecified atom stereocenters. The Balaban J connectivity index is 2.01. The number of nitrogens with zero attached hydrogens (tertiary/aromatic N) is 1. The van der Waals surface area contributed by atoms with Crippen LogP contribution in [0.4, 0.5) is 0 Å². The molecule has 1 aromatic carbocycles. The highest BCUT2D eigenvalue weighted by Gasteiger charge is 2.45. The summed E-state index contributed by atoms with van der Waals surface area (Å²) in [5.74, 6) is 1.29. The lowest BCUT2D eigenvalue weighted by Crippen LogP contribution is -2.43. The Labute approximate surface area is 108 Å². The highest BCUT2D eigenvalue weighted by Crippen LogP contribution is 2.50. The molecule has 18 heavy (non-hydrogen) atoms. The molecule has 1 saturated carbocycles. The third-order valence-electron chi connectivity index (χ3n) is 4.33. The molecule has 1 fully saturated rings. The molecule has 2 nitrogen and oxygen atoms in total. The van der Waals surface area contributed by atoms with Crippen molar-refractivity contribution in [2.75, 3.05) is 0 Å². The van der Waals surface area contributed by atoms with Crippen molar-refractivity contribution in [2.24, 2.45) is 11.8 Å². The second kappa shape index (κ2) is 4.06. The number of rotatable bonds is 2. The summed E-state index contributed by atoms with van der Waals surface area (Å²) in [7, 11) is 0. The third kappa shape index (κ3) is 1.72. The standard InChI is InChI=1S/C16H19NO/c1-11(2)13-8-16(18,9-13)15-5-3-4-12-6-7-17-10-14(12)15/h3-7,10-11,13,18H,8-9H2,1-2H3. The van der Waals surface area contributed by atoms with Gasteiger partial charge in [0.25, 0.3) is 0 Å². The molecule has 2 aromatic rings. The molecule has 1 N–H and O–H groups in total. The molecule has 0 bridgehead atoms. The summed E-state index contributed by atoms with van der Waals surface area (Å²) < 4.78 is 0. The molecular formula is C16H19NO. The van der Waals surface area contributed by atoms with Crippen LogP contribution in [0.5, 0.6) is 0 Å². The largest absolute Gasteiger partial charge is 0.385 e. The second-order valence-electron chi connectivity index (χ2n) is 5.85. The summed E-state index contributed by atoms with van der Waals surface area (Å²) in [5, 5.41) is 13.0. The lowest BCUT2D eigenvalue weighted by atomic mass is 9.63. The van der Waals surface area contributed by atoms with Gasteiger partial charge < -0.3 is 5.11 Å². The van der Waals surface area contributed by atoms with Crippen LogP contribution in [0.3, 0.4) is 0 Å². The quantitative estimate of drug-likeness (QED) is 0.873. The highest BCUT2D eigenvalue weighted by atomic mass is 16.3. The van der Waals surface area contributed by atoms with E-state index in [4.69, 9.17) is 0 Å². The van der Waals surface area contributed by atoms with E-state index >= 15 is 0 Å². The fraction of sp³-hybridized carbons (Fsp3) is 0.438. The molecule has 0 spiro atoms. The smallest absolute Gasteiger partial charge is 0.0908 e. The van der Waals surface area contributed by atoms with Gasteiger partial charge in [-0.3, -0.25) is 4.98 Å². The van der Waals surface area contributed by atoms with E-state index in [0.29, 0.717) is 11.8 Å². The van der Waals surface area contributed by atoms with Crippen molar-refractivity contribution >= 4 is 10.8 Å². The number of fused-ring (bicyclic) bond motifs is 1. The Morgan fingerprint density at radius 2 is 2.06 bits per heavy atom. The van der Waals surface area contributed by atoms with Crippen molar-refractivity contribution < 1.29 is 5.11 Å². The summed E-state index contributed by atoms with van der Waals surface area (Å²) >= 11 is 0. The van der Waals surface area contributed by atoms with Gasteiger partial charge in [-0.25, -0.2) is 0 Å². The summed E-state index contributed by atoms with van der Waals surface area (Å²) in [4.78, 5) is 4.19. The number of aromatic nitrogens is 1. The Bertz CT molecular complexity index is 565. The molecule has 1 aliphatic carbocycles. The van der Waals surface area contributed by atoms with E-state index in [1.165, 1.54) is 0 Å². The molecule has 3 rings (SSSR count). The second-order valence-corrected chi connectivity index (χ2v) is 5.85. The van der Waals surface area contributed by atoms with E-state index in [2.05, 4.69) is 24.9 Å². The molecule has 1 aromatic heterocycles. The van der Waals surface area contributed by atoms with E-state index in [1.807, 2.05) is 24.4 Å². The maximum Gasteiger partial charge on any atom is 0.0908 e. The van der Waals surface area contributed by atoms with Crippen molar-refractivity contribution in [3.63, 3.8) is 0 Å². The van der Waals surface area contributed by atoms with E-state index in [-0.39, 0.29) is 0 Å². The first-order valence-corrected chi connectivity index (χ1v) is 6.66. The van der Waals surface area contributed by atoms with Gasteiger partial charge in [-0.1, -0.05) is 32.0 Å². The van der Waals surface area contributed by atoms with Gasteiger partial charge in [0.15, 0.2) is 0 Å². The van der Waals surface area contributed by atoms with Crippen LogP contribution in [0, 0.1) is 11.8 Å². The Morgan fingerprint density at radius 1 is 1.28 bits per heavy atom. The lowest BCUT2D eigenvalue weighted by Gasteiger charge is -2.46. The topological polar surface area (TPSA) is 33.1 Å². The number of hydrogen-bond donors (Lipinski definition) is 1. The maximum atomic E-state index is 10.8. The van der Waals surface area contributed by atoms with Crippen LogP contribution in [0.25, 0.3) is 10.8 Å². The first-order valence-electron chi connectivity index (χ1n) is 6.66. The molecule has 0 radical (unpaired) electrons. The molecule has 0 saturated heterocycles. The van der Waals surface area contributed by atoms with Crippen molar-refractivity contribution in [2.45, 2.75) is 32.3 Å². The average molecular weight is 241 g/mol.